The highest BCUT2D eigenvalue weighted by Gasteiger charge is 2.36. The predicted octanol–water partition coefficient (Wildman–Crippen LogP) is 5.98. The van der Waals surface area contributed by atoms with E-state index in [0.717, 1.165) is 16.7 Å². The van der Waals surface area contributed by atoms with Gasteiger partial charge in [0.1, 0.15) is 18.0 Å². The SMILES string of the molecule is C[C@@H](O)C/C=C\C1=CC(OCc2ccccc2)C(OCc2ccccc2)C(COCc2ccccc2)O1. The van der Waals surface area contributed by atoms with E-state index in [4.69, 9.17) is 18.9 Å². The summed E-state index contributed by atoms with van der Waals surface area (Å²) in [5.41, 5.74) is 3.27. The summed E-state index contributed by atoms with van der Waals surface area (Å²) in [6, 6.07) is 30.3. The van der Waals surface area contributed by atoms with Gasteiger partial charge in [0.25, 0.3) is 0 Å². The van der Waals surface area contributed by atoms with Gasteiger partial charge in [0.15, 0.2) is 6.10 Å². The highest BCUT2D eigenvalue weighted by molar-refractivity contribution is 5.21. The number of allylic oxidation sites excluding steroid dienone is 1. The normalized spacial score (nSPS) is 20.4. The average molecular weight is 501 g/mol. The van der Waals surface area contributed by atoms with Gasteiger partial charge in [-0.3, -0.25) is 0 Å². The van der Waals surface area contributed by atoms with Gasteiger partial charge < -0.3 is 24.1 Å². The Hall–Kier alpha value is -3.22. The van der Waals surface area contributed by atoms with Crippen molar-refractivity contribution in [1.29, 1.82) is 0 Å². The molecule has 3 aromatic carbocycles. The van der Waals surface area contributed by atoms with Crippen molar-refractivity contribution in [3.8, 4) is 0 Å². The van der Waals surface area contributed by atoms with Crippen LogP contribution in [-0.4, -0.2) is 36.1 Å². The molecule has 1 heterocycles. The number of aliphatic hydroxyl groups is 1. The second-order valence-electron chi connectivity index (χ2n) is 9.24. The van der Waals surface area contributed by atoms with Crippen LogP contribution < -0.4 is 0 Å². The fraction of sp³-hybridized carbons (Fsp3) is 0.312. The Balaban J connectivity index is 1.52. The zero-order valence-corrected chi connectivity index (χ0v) is 21.3. The van der Waals surface area contributed by atoms with Crippen LogP contribution >= 0.6 is 0 Å². The quantitative estimate of drug-likeness (QED) is 0.313. The van der Waals surface area contributed by atoms with Crippen LogP contribution in [0, 0.1) is 0 Å². The van der Waals surface area contributed by atoms with Crippen LogP contribution in [0.25, 0.3) is 0 Å². The van der Waals surface area contributed by atoms with Crippen LogP contribution in [0.1, 0.15) is 30.0 Å². The largest absolute Gasteiger partial charge is 0.485 e. The van der Waals surface area contributed by atoms with E-state index in [1.165, 1.54) is 0 Å². The number of hydrogen-bond donors (Lipinski definition) is 1. The molecule has 1 aliphatic heterocycles. The van der Waals surface area contributed by atoms with Crippen LogP contribution in [0.2, 0.25) is 0 Å². The maximum atomic E-state index is 9.66. The van der Waals surface area contributed by atoms with Crippen molar-refractivity contribution in [2.24, 2.45) is 0 Å². The summed E-state index contributed by atoms with van der Waals surface area (Å²) < 4.78 is 25.3. The topological polar surface area (TPSA) is 57.2 Å². The third-order valence-corrected chi connectivity index (χ3v) is 6.03. The van der Waals surface area contributed by atoms with Crippen LogP contribution in [-0.2, 0) is 38.8 Å². The molecule has 3 aromatic rings. The lowest BCUT2D eigenvalue weighted by Gasteiger charge is -2.36. The molecule has 0 amide bonds. The molecule has 3 unspecified atom stereocenters. The van der Waals surface area contributed by atoms with Crippen LogP contribution in [0.4, 0.5) is 0 Å². The third-order valence-electron chi connectivity index (χ3n) is 6.03. The monoisotopic (exact) mass is 500 g/mol. The lowest BCUT2D eigenvalue weighted by molar-refractivity contribution is -0.151. The van der Waals surface area contributed by atoms with E-state index in [1.807, 2.05) is 109 Å². The number of aliphatic hydroxyl groups excluding tert-OH is 1. The molecule has 5 nitrogen and oxygen atoms in total. The Bertz CT molecular complexity index is 1100. The van der Waals surface area contributed by atoms with Crippen LogP contribution in [0.15, 0.2) is 115 Å². The average Bonchev–Trinajstić information content (AvgIpc) is 2.93. The first-order valence-corrected chi connectivity index (χ1v) is 12.8. The smallest absolute Gasteiger partial charge is 0.151 e. The van der Waals surface area contributed by atoms with Gasteiger partial charge >= 0.3 is 0 Å². The van der Waals surface area contributed by atoms with Crippen molar-refractivity contribution >= 4 is 0 Å². The molecule has 0 bridgehead atoms. The second-order valence-corrected chi connectivity index (χ2v) is 9.24. The minimum Gasteiger partial charge on any atom is -0.485 e. The summed E-state index contributed by atoms with van der Waals surface area (Å²) >= 11 is 0. The maximum absolute atomic E-state index is 9.66. The summed E-state index contributed by atoms with van der Waals surface area (Å²) in [6.45, 7) is 3.49. The summed E-state index contributed by atoms with van der Waals surface area (Å²) in [6.07, 6.45) is 4.82. The Labute approximate surface area is 220 Å². The van der Waals surface area contributed by atoms with Gasteiger partial charge in [-0.25, -0.2) is 0 Å². The molecule has 194 valence electrons. The molecule has 0 fully saturated rings. The van der Waals surface area contributed by atoms with Crippen LogP contribution in [0.3, 0.4) is 0 Å². The molecule has 0 radical (unpaired) electrons. The van der Waals surface area contributed by atoms with Gasteiger partial charge in [-0.1, -0.05) is 97.1 Å². The molecular weight excluding hydrogens is 464 g/mol. The molecule has 0 spiro atoms. The van der Waals surface area contributed by atoms with Gasteiger partial charge in [0.05, 0.1) is 32.5 Å². The number of rotatable bonds is 13. The summed E-state index contributed by atoms with van der Waals surface area (Å²) in [7, 11) is 0. The Kier molecular flexibility index (Phi) is 10.5. The van der Waals surface area contributed by atoms with Gasteiger partial charge in [0.2, 0.25) is 0 Å². The highest BCUT2D eigenvalue weighted by atomic mass is 16.6. The molecule has 0 aliphatic carbocycles. The number of ether oxygens (including phenoxy) is 4. The van der Waals surface area contributed by atoms with Crippen molar-refractivity contribution in [3.63, 3.8) is 0 Å². The Morgan fingerprint density at radius 2 is 1.32 bits per heavy atom. The van der Waals surface area contributed by atoms with Crippen molar-refractivity contribution in [3.05, 3.63) is 132 Å². The molecule has 5 heteroatoms. The van der Waals surface area contributed by atoms with E-state index in [-0.39, 0.29) is 18.3 Å². The van der Waals surface area contributed by atoms with E-state index in [9.17, 15) is 5.11 Å². The maximum Gasteiger partial charge on any atom is 0.151 e. The summed E-state index contributed by atoms with van der Waals surface area (Å²) in [5.74, 6) is 0.687. The molecule has 1 N–H and O–H groups in total. The molecule has 0 saturated carbocycles. The number of hydrogen-bond acceptors (Lipinski definition) is 5. The molecule has 0 aromatic heterocycles. The second kappa shape index (κ2) is 14.5. The van der Waals surface area contributed by atoms with Gasteiger partial charge in [-0.15, -0.1) is 0 Å². The Morgan fingerprint density at radius 3 is 1.89 bits per heavy atom. The van der Waals surface area contributed by atoms with Gasteiger partial charge in [0, 0.05) is 0 Å². The standard InChI is InChI=1S/C32H36O5/c1-25(33)12-11-19-29-20-30(35-22-27-15-7-3-8-16-27)32(36-23-28-17-9-4-10-18-28)31(37-29)24-34-21-26-13-5-2-6-14-26/h2-11,13-20,25,30-33H,12,21-24H2,1H3/b19-11-/t25-,30?,31?,32?/m1/s1. The van der Waals surface area contributed by atoms with Crippen molar-refractivity contribution in [2.45, 2.75) is 57.6 Å². The first-order valence-electron chi connectivity index (χ1n) is 12.8. The van der Waals surface area contributed by atoms with E-state index < -0.39 is 6.10 Å². The summed E-state index contributed by atoms with van der Waals surface area (Å²) in [4.78, 5) is 0. The minimum absolute atomic E-state index is 0.339. The van der Waals surface area contributed by atoms with E-state index >= 15 is 0 Å². The van der Waals surface area contributed by atoms with Crippen molar-refractivity contribution in [1.82, 2.24) is 0 Å². The fourth-order valence-electron chi connectivity index (χ4n) is 4.10. The van der Waals surface area contributed by atoms with Crippen LogP contribution in [0.5, 0.6) is 0 Å². The zero-order chi connectivity index (χ0) is 25.7. The molecular formula is C32H36O5. The molecule has 4 rings (SSSR count). The molecule has 0 saturated heterocycles. The minimum atomic E-state index is -0.419. The number of benzene rings is 3. The summed E-state index contributed by atoms with van der Waals surface area (Å²) in [5, 5.41) is 9.66. The van der Waals surface area contributed by atoms with Crippen molar-refractivity contribution in [2.75, 3.05) is 6.61 Å². The molecule has 1 aliphatic rings. The van der Waals surface area contributed by atoms with Crippen molar-refractivity contribution < 1.29 is 24.1 Å². The molecule has 37 heavy (non-hydrogen) atoms. The first kappa shape index (κ1) is 26.8. The molecule has 4 atom stereocenters. The van der Waals surface area contributed by atoms with Gasteiger partial charge in [-0.05, 0) is 42.2 Å². The van der Waals surface area contributed by atoms with E-state index in [2.05, 4.69) is 0 Å². The third kappa shape index (κ3) is 8.99. The highest BCUT2D eigenvalue weighted by Crippen LogP contribution is 2.27. The Morgan fingerprint density at radius 1 is 0.784 bits per heavy atom. The lowest BCUT2D eigenvalue weighted by atomic mass is 10.0. The van der Waals surface area contributed by atoms with E-state index in [1.54, 1.807) is 6.92 Å². The fourth-order valence-corrected chi connectivity index (χ4v) is 4.10. The first-order chi connectivity index (χ1) is 18.2. The predicted molar refractivity (Wildman–Crippen MR) is 145 cm³/mol. The lowest BCUT2D eigenvalue weighted by Crippen LogP contribution is -2.47. The zero-order valence-electron chi connectivity index (χ0n) is 21.3. The van der Waals surface area contributed by atoms with E-state index in [0.29, 0.717) is 38.6 Å². The van der Waals surface area contributed by atoms with Gasteiger partial charge in [-0.2, -0.15) is 0 Å².